The second kappa shape index (κ2) is 5.99. The Hall–Kier alpha value is -2.25. The van der Waals surface area contributed by atoms with Crippen LogP contribution in [0, 0.1) is 0 Å². The van der Waals surface area contributed by atoms with E-state index in [2.05, 4.69) is 15.4 Å². The summed E-state index contributed by atoms with van der Waals surface area (Å²) >= 11 is 0. The molecule has 0 saturated carbocycles. The summed E-state index contributed by atoms with van der Waals surface area (Å²) in [4.78, 5) is 4.61. The maximum Gasteiger partial charge on any atom is 0.226 e. The molecule has 7 heteroatoms. The van der Waals surface area contributed by atoms with Crippen LogP contribution < -0.4 is 5.32 Å². The third kappa shape index (κ3) is 2.59. The van der Waals surface area contributed by atoms with Crippen molar-refractivity contribution in [3.8, 4) is 0 Å². The van der Waals surface area contributed by atoms with E-state index in [1.54, 1.807) is 53.3 Å². The third-order valence-electron chi connectivity index (χ3n) is 4.34. The van der Waals surface area contributed by atoms with Gasteiger partial charge in [-0.1, -0.05) is 18.2 Å². The second-order valence-electron chi connectivity index (χ2n) is 5.97. The Morgan fingerprint density at radius 3 is 2.75 bits per heavy atom. The van der Waals surface area contributed by atoms with Gasteiger partial charge in [-0.25, -0.2) is 18.1 Å². The van der Waals surface area contributed by atoms with Crippen LogP contribution >= 0.6 is 0 Å². The molecule has 0 bridgehead atoms. The van der Waals surface area contributed by atoms with Gasteiger partial charge in [-0.3, -0.25) is 0 Å². The van der Waals surface area contributed by atoms with Crippen LogP contribution in [0.1, 0.15) is 12.8 Å². The molecule has 0 aliphatic carbocycles. The average molecular weight is 342 g/mol. The van der Waals surface area contributed by atoms with Crippen LogP contribution in [0.4, 0.5) is 0 Å². The maximum absolute atomic E-state index is 13.0. The van der Waals surface area contributed by atoms with Gasteiger partial charge < -0.3 is 5.32 Å². The Bertz CT molecular complexity index is 961. The van der Waals surface area contributed by atoms with Gasteiger partial charge in [0.2, 0.25) is 9.84 Å². The molecular formula is C17H18N4O2S. The first-order valence-corrected chi connectivity index (χ1v) is 9.49. The lowest BCUT2D eigenvalue weighted by atomic mass is 10.2. The highest BCUT2D eigenvalue weighted by atomic mass is 32.2. The van der Waals surface area contributed by atoms with Crippen molar-refractivity contribution in [2.45, 2.75) is 35.3 Å². The van der Waals surface area contributed by atoms with Gasteiger partial charge in [0.25, 0.3) is 0 Å². The lowest BCUT2D eigenvalue weighted by Crippen LogP contribution is -2.27. The molecule has 0 radical (unpaired) electrons. The fourth-order valence-electron chi connectivity index (χ4n) is 3.14. The first kappa shape index (κ1) is 15.3. The number of nitrogens with zero attached hydrogens (tertiary/aromatic N) is 3. The van der Waals surface area contributed by atoms with Crippen LogP contribution in [0.5, 0.6) is 0 Å². The highest BCUT2D eigenvalue weighted by Gasteiger charge is 2.26. The zero-order valence-corrected chi connectivity index (χ0v) is 13.9. The Morgan fingerprint density at radius 1 is 1.17 bits per heavy atom. The SMILES string of the molecule is O=S(=O)(c1ccccc1)c1nn(CC2CCCN2)c2ncccc12. The Balaban J connectivity index is 1.84. The number of hydrogen-bond donors (Lipinski definition) is 1. The summed E-state index contributed by atoms with van der Waals surface area (Å²) in [7, 11) is -3.67. The van der Waals surface area contributed by atoms with Crippen molar-refractivity contribution in [1.82, 2.24) is 20.1 Å². The fourth-order valence-corrected chi connectivity index (χ4v) is 4.53. The van der Waals surface area contributed by atoms with Gasteiger partial charge in [0, 0.05) is 12.2 Å². The standard InChI is InChI=1S/C17H18N4O2S/c22-24(23,14-7-2-1-3-8-14)17-15-9-5-11-19-16(15)21(20-17)12-13-6-4-10-18-13/h1-3,5,7-9,11,13,18H,4,6,10,12H2. The van der Waals surface area contributed by atoms with E-state index in [0.29, 0.717) is 23.6 Å². The third-order valence-corrected chi connectivity index (χ3v) is 6.04. The Kier molecular flexibility index (Phi) is 3.82. The van der Waals surface area contributed by atoms with E-state index >= 15 is 0 Å². The minimum Gasteiger partial charge on any atom is -0.312 e. The molecule has 6 nitrogen and oxygen atoms in total. The molecule has 1 aliphatic heterocycles. The molecule has 2 aromatic heterocycles. The number of sulfone groups is 1. The van der Waals surface area contributed by atoms with Crippen molar-refractivity contribution in [1.29, 1.82) is 0 Å². The molecule has 1 fully saturated rings. The summed E-state index contributed by atoms with van der Waals surface area (Å²) in [5.41, 5.74) is 0.612. The Morgan fingerprint density at radius 2 is 2.00 bits per heavy atom. The molecule has 1 saturated heterocycles. The second-order valence-corrected chi connectivity index (χ2v) is 7.84. The molecule has 0 spiro atoms. The topological polar surface area (TPSA) is 76.9 Å². The minimum atomic E-state index is -3.67. The number of benzene rings is 1. The lowest BCUT2D eigenvalue weighted by Gasteiger charge is -2.10. The first-order chi connectivity index (χ1) is 11.7. The number of hydrogen-bond acceptors (Lipinski definition) is 5. The van der Waals surface area contributed by atoms with Gasteiger partial charge in [-0.15, -0.1) is 0 Å². The van der Waals surface area contributed by atoms with Crippen molar-refractivity contribution in [2.75, 3.05) is 6.54 Å². The van der Waals surface area contributed by atoms with Crippen molar-refractivity contribution >= 4 is 20.9 Å². The van der Waals surface area contributed by atoms with E-state index in [9.17, 15) is 8.42 Å². The van der Waals surface area contributed by atoms with Gasteiger partial charge in [-0.2, -0.15) is 5.10 Å². The molecule has 1 atom stereocenters. The molecule has 3 aromatic rings. The zero-order valence-electron chi connectivity index (χ0n) is 13.1. The summed E-state index contributed by atoms with van der Waals surface area (Å²) in [5, 5.41) is 8.49. The van der Waals surface area contributed by atoms with E-state index in [0.717, 1.165) is 19.4 Å². The van der Waals surface area contributed by atoms with Crippen LogP contribution in [-0.4, -0.2) is 35.8 Å². The molecule has 3 heterocycles. The molecule has 4 rings (SSSR count). The quantitative estimate of drug-likeness (QED) is 0.785. The van der Waals surface area contributed by atoms with Crippen LogP contribution in [0.2, 0.25) is 0 Å². The van der Waals surface area contributed by atoms with Gasteiger partial charge in [0.1, 0.15) is 0 Å². The van der Waals surface area contributed by atoms with Crippen LogP contribution in [-0.2, 0) is 16.4 Å². The molecule has 1 aliphatic rings. The van der Waals surface area contributed by atoms with Crippen molar-refractivity contribution in [3.05, 3.63) is 48.7 Å². The van der Waals surface area contributed by atoms with Crippen molar-refractivity contribution in [2.24, 2.45) is 0 Å². The van der Waals surface area contributed by atoms with E-state index in [1.807, 2.05) is 0 Å². The first-order valence-electron chi connectivity index (χ1n) is 8.01. The highest BCUT2D eigenvalue weighted by molar-refractivity contribution is 7.91. The predicted octanol–water partition coefficient (Wildman–Crippen LogP) is 2.02. The molecule has 1 unspecified atom stereocenters. The largest absolute Gasteiger partial charge is 0.312 e. The summed E-state index contributed by atoms with van der Waals surface area (Å²) < 4.78 is 27.7. The summed E-state index contributed by atoms with van der Waals surface area (Å²) in [6.45, 7) is 1.62. The molecule has 24 heavy (non-hydrogen) atoms. The van der Waals surface area contributed by atoms with E-state index in [1.165, 1.54) is 0 Å². The summed E-state index contributed by atoms with van der Waals surface area (Å²) in [6, 6.07) is 12.2. The molecule has 0 amide bonds. The summed E-state index contributed by atoms with van der Waals surface area (Å²) in [5.74, 6) is 0. The average Bonchev–Trinajstić information content (AvgIpc) is 3.25. The van der Waals surface area contributed by atoms with Crippen LogP contribution in [0.25, 0.3) is 11.0 Å². The smallest absolute Gasteiger partial charge is 0.226 e. The van der Waals surface area contributed by atoms with Gasteiger partial charge in [0.05, 0.1) is 16.8 Å². The predicted molar refractivity (Wildman–Crippen MR) is 90.4 cm³/mol. The molecule has 1 aromatic carbocycles. The number of rotatable bonds is 4. The zero-order chi connectivity index (χ0) is 16.6. The maximum atomic E-state index is 13.0. The fraction of sp³-hybridized carbons (Fsp3) is 0.294. The molecule has 124 valence electrons. The molecular weight excluding hydrogens is 324 g/mol. The minimum absolute atomic E-state index is 0.0785. The van der Waals surface area contributed by atoms with E-state index < -0.39 is 9.84 Å². The normalized spacial score (nSPS) is 18.2. The van der Waals surface area contributed by atoms with Crippen LogP contribution in [0.15, 0.2) is 58.6 Å². The lowest BCUT2D eigenvalue weighted by molar-refractivity contribution is 0.476. The molecule has 1 N–H and O–H groups in total. The van der Waals surface area contributed by atoms with E-state index in [4.69, 9.17) is 0 Å². The number of nitrogens with one attached hydrogen (secondary N) is 1. The van der Waals surface area contributed by atoms with E-state index in [-0.39, 0.29) is 9.92 Å². The van der Waals surface area contributed by atoms with Crippen LogP contribution in [0.3, 0.4) is 0 Å². The highest BCUT2D eigenvalue weighted by Crippen LogP contribution is 2.27. The number of fused-ring (bicyclic) bond motifs is 1. The number of aromatic nitrogens is 3. The summed E-state index contributed by atoms with van der Waals surface area (Å²) in [6.07, 6.45) is 3.86. The number of pyridine rings is 1. The Labute approximate surface area is 140 Å². The monoisotopic (exact) mass is 342 g/mol. The van der Waals surface area contributed by atoms with Gasteiger partial charge >= 0.3 is 0 Å². The van der Waals surface area contributed by atoms with Crippen molar-refractivity contribution < 1.29 is 8.42 Å². The van der Waals surface area contributed by atoms with Crippen molar-refractivity contribution in [3.63, 3.8) is 0 Å². The van der Waals surface area contributed by atoms with Gasteiger partial charge in [0.15, 0.2) is 10.7 Å². The van der Waals surface area contributed by atoms with Gasteiger partial charge in [-0.05, 0) is 43.7 Å².